The smallest absolute Gasteiger partial charge is 0.121 e. The molecule has 4 heteroatoms. The Balaban J connectivity index is 2.02. The molecule has 3 aromatic rings. The van der Waals surface area contributed by atoms with Gasteiger partial charge in [-0.1, -0.05) is 60.7 Å². The predicted octanol–water partition coefficient (Wildman–Crippen LogP) is 6.17. The third kappa shape index (κ3) is 3.62. The van der Waals surface area contributed by atoms with Crippen LogP contribution in [0.4, 0.5) is 0 Å². The third-order valence-corrected chi connectivity index (χ3v) is 5.86. The van der Waals surface area contributed by atoms with Gasteiger partial charge in [-0.25, -0.2) is 4.68 Å². The minimum atomic E-state index is -0.197. The van der Waals surface area contributed by atoms with Gasteiger partial charge in [0, 0.05) is 17.5 Å². The molecule has 1 aliphatic carbocycles. The molecule has 1 unspecified atom stereocenters. The lowest BCUT2D eigenvalue weighted by Gasteiger charge is -2.33. The van der Waals surface area contributed by atoms with E-state index in [0.29, 0.717) is 0 Å². The van der Waals surface area contributed by atoms with Gasteiger partial charge < -0.3 is 4.74 Å². The van der Waals surface area contributed by atoms with Gasteiger partial charge in [-0.3, -0.25) is 0 Å². The maximum atomic E-state index is 6.71. The van der Waals surface area contributed by atoms with Crippen molar-refractivity contribution in [1.29, 1.82) is 0 Å². The number of benzene rings is 2. The molecular formula is C25H31N3O. The first-order chi connectivity index (χ1) is 13.7. The normalized spacial score (nSPS) is 16.4. The van der Waals surface area contributed by atoms with Gasteiger partial charge >= 0.3 is 0 Å². The Labute approximate surface area is 173 Å². The van der Waals surface area contributed by atoms with Crippen molar-refractivity contribution >= 4 is 0 Å². The van der Waals surface area contributed by atoms with E-state index in [1.54, 1.807) is 0 Å². The average Bonchev–Trinajstić information content (AvgIpc) is 3.11. The van der Waals surface area contributed by atoms with Crippen LogP contribution in [0.2, 0.25) is 0 Å². The Hall–Kier alpha value is -2.46. The SMILES string of the molecule is CCC(C)(C)OC1Cc2ccccc2-c2nnn(C(C)(C)C)c2-c2ccccc21. The van der Waals surface area contributed by atoms with E-state index < -0.39 is 0 Å². The summed E-state index contributed by atoms with van der Waals surface area (Å²) < 4.78 is 8.77. The quantitative estimate of drug-likeness (QED) is 0.538. The first-order valence-electron chi connectivity index (χ1n) is 10.5. The van der Waals surface area contributed by atoms with Gasteiger partial charge in [-0.2, -0.15) is 0 Å². The zero-order valence-corrected chi connectivity index (χ0v) is 18.4. The monoisotopic (exact) mass is 389 g/mol. The fraction of sp³-hybridized carbons (Fsp3) is 0.440. The first kappa shape index (κ1) is 19.8. The fourth-order valence-corrected chi connectivity index (χ4v) is 3.98. The van der Waals surface area contributed by atoms with Crippen LogP contribution in [0.1, 0.15) is 65.2 Å². The molecule has 2 aromatic carbocycles. The molecule has 4 nitrogen and oxygen atoms in total. The molecule has 4 rings (SSSR count). The van der Waals surface area contributed by atoms with E-state index in [4.69, 9.17) is 4.74 Å². The number of nitrogens with zero attached hydrogens (tertiary/aromatic N) is 3. The van der Waals surface area contributed by atoms with E-state index in [1.807, 2.05) is 0 Å². The first-order valence-corrected chi connectivity index (χ1v) is 10.5. The van der Waals surface area contributed by atoms with Gasteiger partial charge in [0.2, 0.25) is 0 Å². The molecule has 1 aliphatic rings. The number of aromatic nitrogens is 3. The third-order valence-electron chi connectivity index (χ3n) is 5.86. The zero-order chi connectivity index (χ0) is 20.8. The Morgan fingerprint density at radius 1 is 0.966 bits per heavy atom. The van der Waals surface area contributed by atoms with E-state index in [-0.39, 0.29) is 17.2 Å². The lowest BCUT2D eigenvalue weighted by molar-refractivity contribution is -0.0749. The lowest BCUT2D eigenvalue weighted by atomic mass is 9.86. The molecule has 0 fully saturated rings. The summed E-state index contributed by atoms with van der Waals surface area (Å²) in [5, 5.41) is 9.24. The topological polar surface area (TPSA) is 39.9 Å². The van der Waals surface area contributed by atoms with Crippen LogP contribution >= 0.6 is 0 Å². The zero-order valence-electron chi connectivity index (χ0n) is 18.4. The highest BCUT2D eigenvalue weighted by Crippen LogP contribution is 2.44. The second-order valence-corrected chi connectivity index (χ2v) is 9.54. The Morgan fingerprint density at radius 2 is 1.62 bits per heavy atom. The van der Waals surface area contributed by atoms with E-state index in [9.17, 15) is 0 Å². The van der Waals surface area contributed by atoms with Crippen molar-refractivity contribution in [3.63, 3.8) is 0 Å². The summed E-state index contributed by atoms with van der Waals surface area (Å²) in [6.45, 7) is 13.0. The molecule has 0 radical (unpaired) electrons. The summed E-state index contributed by atoms with van der Waals surface area (Å²) in [4.78, 5) is 0. The van der Waals surface area contributed by atoms with E-state index >= 15 is 0 Å². The highest BCUT2D eigenvalue weighted by Gasteiger charge is 2.33. The Kier molecular flexibility index (Phi) is 4.86. The van der Waals surface area contributed by atoms with Gasteiger partial charge in [0.1, 0.15) is 5.69 Å². The maximum Gasteiger partial charge on any atom is 0.121 e. The van der Waals surface area contributed by atoms with Crippen LogP contribution in [0.15, 0.2) is 48.5 Å². The lowest BCUT2D eigenvalue weighted by Crippen LogP contribution is -2.28. The van der Waals surface area contributed by atoms with Gasteiger partial charge in [0.05, 0.1) is 22.9 Å². The van der Waals surface area contributed by atoms with Gasteiger partial charge in [-0.15, -0.1) is 5.10 Å². The summed E-state index contributed by atoms with van der Waals surface area (Å²) in [5.41, 5.74) is 6.42. The van der Waals surface area contributed by atoms with Gasteiger partial charge in [0.25, 0.3) is 0 Å². The summed E-state index contributed by atoms with van der Waals surface area (Å²) in [5.74, 6) is 0. The second-order valence-electron chi connectivity index (χ2n) is 9.54. The van der Waals surface area contributed by atoms with Crippen LogP contribution in [0.25, 0.3) is 22.5 Å². The van der Waals surface area contributed by atoms with Crippen molar-refractivity contribution in [2.75, 3.05) is 0 Å². The minimum Gasteiger partial charge on any atom is -0.367 e. The molecule has 29 heavy (non-hydrogen) atoms. The molecular weight excluding hydrogens is 358 g/mol. The standard InChI is InChI=1S/C25H31N3O/c1-7-25(5,6)29-21-16-17-12-8-9-13-18(17)22-23(20-15-11-10-14-19(20)21)28(27-26-22)24(2,3)4/h8-15,21H,7,16H2,1-6H3. The molecule has 0 saturated heterocycles. The highest BCUT2D eigenvalue weighted by atomic mass is 16.5. The fourth-order valence-electron chi connectivity index (χ4n) is 3.98. The summed E-state index contributed by atoms with van der Waals surface area (Å²) in [6.07, 6.45) is 1.75. The summed E-state index contributed by atoms with van der Waals surface area (Å²) >= 11 is 0. The van der Waals surface area contributed by atoms with Crippen LogP contribution in [0.3, 0.4) is 0 Å². The van der Waals surface area contributed by atoms with Crippen molar-refractivity contribution in [1.82, 2.24) is 15.0 Å². The van der Waals surface area contributed by atoms with Crippen LogP contribution in [-0.4, -0.2) is 20.6 Å². The summed E-state index contributed by atoms with van der Waals surface area (Å²) in [6, 6.07) is 17.1. The van der Waals surface area contributed by atoms with Crippen LogP contribution in [0, 0.1) is 0 Å². The van der Waals surface area contributed by atoms with Gasteiger partial charge in [-0.05, 0) is 52.2 Å². The number of hydrogen-bond acceptors (Lipinski definition) is 3. The molecule has 0 spiro atoms. The summed E-state index contributed by atoms with van der Waals surface area (Å²) in [7, 11) is 0. The molecule has 0 N–H and O–H groups in total. The molecule has 1 atom stereocenters. The number of hydrogen-bond donors (Lipinski definition) is 0. The van der Waals surface area contributed by atoms with E-state index in [1.165, 1.54) is 11.1 Å². The Morgan fingerprint density at radius 3 is 2.31 bits per heavy atom. The van der Waals surface area contributed by atoms with Gasteiger partial charge in [0.15, 0.2) is 0 Å². The number of fused-ring (bicyclic) bond motifs is 5. The van der Waals surface area contributed by atoms with Crippen LogP contribution in [0.5, 0.6) is 0 Å². The van der Waals surface area contributed by atoms with Crippen molar-refractivity contribution in [3.05, 3.63) is 59.7 Å². The molecule has 152 valence electrons. The van der Waals surface area contributed by atoms with Crippen molar-refractivity contribution in [2.45, 2.75) is 71.6 Å². The molecule has 0 bridgehead atoms. The molecule has 1 aromatic heterocycles. The minimum absolute atomic E-state index is 0.0289. The van der Waals surface area contributed by atoms with Crippen molar-refractivity contribution in [3.8, 4) is 22.5 Å². The van der Waals surface area contributed by atoms with Crippen LogP contribution < -0.4 is 0 Å². The van der Waals surface area contributed by atoms with Crippen molar-refractivity contribution in [2.24, 2.45) is 0 Å². The van der Waals surface area contributed by atoms with E-state index in [2.05, 4.69) is 105 Å². The second kappa shape index (κ2) is 7.10. The van der Waals surface area contributed by atoms with Crippen LogP contribution in [-0.2, 0) is 16.7 Å². The van der Waals surface area contributed by atoms with Crippen molar-refractivity contribution < 1.29 is 4.74 Å². The average molecular weight is 390 g/mol. The number of rotatable bonds is 3. The number of ether oxygens (including phenoxy) is 1. The molecule has 0 aliphatic heterocycles. The predicted molar refractivity (Wildman–Crippen MR) is 118 cm³/mol. The highest BCUT2D eigenvalue weighted by molar-refractivity contribution is 5.82. The largest absolute Gasteiger partial charge is 0.367 e. The molecule has 0 saturated carbocycles. The van der Waals surface area contributed by atoms with E-state index in [0.717, 1.165) is 35.4 Å². The molecule has 0 amide bonds. The Bertz CT molecular complexity index is 1030. The molecule has 1 heterocycles. The maximum absolute atomic E-state index is 6.71.